The van der Waals surface area contributed by atoms with E-state index in [1.807, 2.05) is 18.2 Å². The molecule has 0 amide bonds. The number of nitrogens with zero attached hydrogens (tertiary/aromatic N) is 1. The van der Waals surface area contributed by atoms with E-state index in [9.17, 15) is 0 Å². The van der Waals surface area contributed by atoms with Crippen molar-refractivity contribution in [1.82, 2.24) is 5.16 Å². The number of anilines is 1. The van der Waals surface area contributed by atoms with E-state index in [1.54, 1.807) is 0 Å². The van der Waals surface area contributed by atoms with E-state index >= 15 is 0 Å². The number of hydrogen-bond donors (Lipinski definition) is 1. The number of nitrogen functional groups attached to an aromatic ring is 1. The molecule has 2 N–H and O–H groups in total. The van der Waals surface area contributed by atoms with Gasteiger partial charge in [-0.25, -0.2) is 0 Å². The Morgan fingerprint density at radius 1 is 1.47 bits per heavy atom. The first-order valence-corrected chi connectivity index (χ1v) is 6.20. The highest BCUT2D eigenvalue weighted by Crippen LogP contribution is 2.35. The minimum atomic E-state index is 0.211. The standard InChI is InChI=1S/C9H5BrClIN2O/c10-4-1-2-6(12)5(3-4)8-7(11)9(13)14-15-8/h1-3H,(H2,13,14). The predicted octanol–water partition coefficient (Wildman–Crippen LogP) is 3.94. The van der Waals surface area contributed by atoms with E-state index in [4.69, 9.17) is 21.9 Å². The van der Waals surface area contributed by atoms with E-state index < -0.39 is 0 Å². The Morgan fingerprint density at radius 3 is 2.80 bits per heavy atom. The summed E-state index contributed by atoms with van der Waals surface area (Å²) < 4.78 is 7.05. The van der Waals surface area contributed by atoms with Crippen molar-refractivity contribution in [3.05, 3.63) is 31.3 Å². The van der Waals surface area contributed by atoms with Crippen LogP contribution in [0.3, 0.4) is 0 Å². The summed E-state index contributed by atoms with van der Waals surface area (Å²) in [7, 11) is 0. The van der Waals surface area contributed by atoms with Gasteiger partial charge in [-0.3, -0.25) is 0 Å². The van der Waals surface area contributed by atoms with Crippen molar-refractivity contribution in [2.45, 2.75) is 0 Å². The summed E-state index contributed by atoms with van der Waals surface area (Å²) in [6, 6.07) is 5.81. The Hall–Kier alpha value is -0.270. The first kappa shape index (κ1) is 11.2. The Kier molecular flexibility index (Phi) is 3.22. The van der Waals surface area contributed by atoms with Gasteiger partial charge in [0, 0.05) is 13.6 Å². The van der Waals surface area contributed by atoms with Gasteiger partial charge in [0.25, 0.3) is 0 Å². The lowest BCUT2D eigenvalue weighted by molar-refractivity contribution is 0.435. The molecule has 1 aromatic carbocycles. The molecule has 0 saturated carbocycles. The zero-order valence-corrected chi connectivity index (χ0v) is 11.8. The molecule has 0 saturated heterocycles. The highest BCUT2D eigenvalue weighted by Gasteiger charge is 2.16. The van der Waals surface area contributed by atoms with Gasteiger partial charge in [-0.15, -0.1) is 0 Å². The van der Waals surface area contributed by atoms with Gasteiger partial charge in [-0.05, 0) is 40.8 Å². The largest absolute Gasteiger partial charge is 0.380 e. The average Bonchev–Trinajstić information content (AvgIpc) is 2.52. The fraction of sp³-hybridized carbons (Fsp3) is 0. The smallest absolute Gasteiger partial charge is 0.188 e. The van der Waals surface area contributed by atoms with Crippen molar-refractivity contribution in [2.75, 3.05) is 5.73 Å². The van der Waals surface area contributed by atoms with Crippen LogP contribution in [-0.2, 0) is 0 Å². The third kappa shape index (κ3) is 2.14. The molecule has 2 aromatic rings. The van der Waals surface area contributed by atoms with Gasteiger partial charge < -0.3 is 10.3 Å². The van der Waals surface area contributed by atoms with Crippen LogP contribution in [0.25, 0.3) is 11.3 Å². The van der Waals surface area contributed by atoms with E-state index in [2.05, 4.69) is 43.7 Å². The van der Waals surface area contributed by atoms with Crippen LogP contribution in [0.4, 0.5) is 5.82 Å². The van der Waals surface area contributed by atoms with Gasteiger partial charge >= 0.3 is 0 Å². The third-order valence-electron chi connectivity index (χ3n) is 1.83. The van der Waals surface area contributed by atoms with Crippen LogP contribution in [0.15, 0.2) is 27.2 Å². The van der Waals surface area contributed by atoms with Gasteiger partial charge in [0.1, 0.15) is 5.02 Å². The first-order valence-electron chi connectivity index (χ1n) is 3.95. The van der Waals surface area contributed by atoms with Gasteiger partial charge in [0.15, 0.2) is 11.6 Å². The lowest BCUT2D eigenvalue weighted by Gasteiger charge is -2.01. The maximum Gasteiger partial charge on any atom is 0.188 e. The number of aromatic nitrogens is 1. The molecule has 0 aliphatic rings. The van der Waals surface area contributed by atoms with Crippen LogP contribution in [0.1, 0.15) is 0 Å². The quantitative estimate of drug-likeness (QED) is 0.739. The summed E-state index contributed by atoms with van der Waals surface area (Å²) >= 11 is 11.6. The molecule has 0 radical (unpaired) electrons. The molecule has 2 rings (SSSR count). The Morgan fingerprint density at radius 2 is 2.20 bits per heavy atom. The SMILES string of the molecule is Nc1noc(-c2cc(Br)ccc2I)c1Cl. The zero-order valence-electron chi connectivity index (χ0n) is 7.30. The Balaban J connectivity index is 2.63. The molecular formula is C9H5BrClIN2O. The third-order valence-corrected chi connectivity index (χ3v) is 3.63. The van der Waals surface area contributed by atoms with Crippen LogP contribution < -0.4 is 5.73 Å². The van der Waals surface area contributed by atoms with Crippen molar-refractivity contribution < 1.29 is 4.52 Å². The average molecular weight is 399 g/mol. The molecule has 15 heavy (non-hydrogen) atoms. The second kappa shape index (κ2) is 4.31. The lowest BCUT2D eigenvalue weighted by atomic mass is 10.2. The summed E-state index contributed by atoms with van der Waals surface area (Å²) in [4.78, 5) is 0. The molecule has 78 valence electrons. The van der Waals surface area contributed by atoms with Crippen LogP contribution in [0.5, 0.6) is 0 Å². The van der Waals surface area contributed by atoms with Crippen LogP contribution >= 0.6 is 50.1 Å². The maximum atomic E-state index is 5.97. The molecule has 1 aromatic heterocycles. The molecule has 0 unspecified atom stereocenters. The number of benzene rings is 1. The fourth-order valence-electron chi connectivity index (χ4n) is 1.13. The summed E-state index contributed by atoms with van der Waals surface area (Å²) in [5.41, 5.74) is 6.39. The molecule has 1 heterocycles. The normalized spacial score (nSPS) is 10.6. The summed E-state index contributed by atoms with van der Waals surface area (Å²) in [5.74, 6) is 0.710. The topological polar surface area (TPSA) is 52.0 Å². The van der Waals surface area contributed by atoms with Crippen LogP contribution in [0.2, 0.25) is 5.02 Å². The molecule has 0 aliphatic heterocycles. The van der Waals surface area contributed by atoms with E-state index in [0.717, 1.165) is 13.6 Å². The molecule has 0 spiro atoms. The Labute approximate surface area is 113 Å². The molecular weight excluding hydrogens is 394 g/mol. The maximum absolute atomic E-state index is 5.97. The minimum Gasteiger partial charge on any atom is -0.380 e. The molecule has 0 aliphatic carbocycles. The second-order valence-electron chi connectivity index (χ2n) is 2.84. The monoisotopic (exact) mass is 398 g/mol. The zero-order chi connectivity index (χ0) is 11.0. The minimum absolute atomic E-state index is 0.211. The fourth-order valence-corrected chi connectivity index (χ4v) is 2.24. The summed E-state index contributed by atoms with van der Waals surface area (Å²) in [5, 5.41) is 3.97. The number of rotatable bonds is 1. The van der Waals surface area contributed by atoms with Crippen LogP contribution in [-0.4, -0.2) is 5.16 Å². The second-order valence-corrected chi connectivity index (χ2v) is 5.29. The Bertz CT molecular complexity index is 515. The first-order chi connectivity index (χ1) is 7.09. The van der Waals surface area contributed by atoms with Gasteiger partial charge in [-0.2, -0.15) is 0 Å². The van der Waals surface area contributed by atoms with Crippen molar-refractivity contribution in [2.24, 2.45) is 0 Å². The van der Waals surface area contributed by atoms with E-state index in [1.165, 1.54) is 0 Å². The van der Waals surface area contributed by atoms with Crippen molar-refractivity contribution in [1.29, 1.82) is 0 Å². The van der Waals surface area contributed by atoms with Gasteiger partial charge in [-0.1, -0.05) is 32.7 Å². The number of nitrogens with two attached hydrogens (primary N) is 1. The summed E-state index contributed by atoms with van der Waals surface area (Å²) in [6.07, 6.45) is 0. The van der Waals surface area contributed by atoms with Crippen LogP contribution in [0, 0.1) is 3.57 Å². The molecule has 0 fully saturated rings. The molecule has 3 nitrogen and oxygen atoms in total. The number of hydrogen-bond acceptors (Lipinski definition) is 3. The van der Waals surface area contributed by atoms with E-state index in [-0.39, 0.29) is 5.82 Å². The lowest BCUT2D eigenvalue weighted by Crippen LogP contribution is -1.84. The van der Waals surface area contributed by atoms with Gasteiger partial charge in [0.2, 0.25) is 0 Å². The molecule has 0 atom stereocenters. The van der Waals surface area contributed by atoms with E-state index in [0.29, 0.717) is 10.8 Å². The molecule has 0 bridgehead atoms. The van der Waals surface area contributed by atoms with Crippen molar-refractivity contribution >= 4 is 55.9 Å². The van der Waals surface area contributed by atoms with Crippen molar-refractivity contribution in [3.8, 4) is 11.3 Å². The predicted molar refractivity (Wildman–Crippen MR) is 71.8 cm³/mol. The highest BCUT2D eigenvalue weighted by molar-refractivity contribution is 14.1. The van der Waals surface area contributed by atoms with Gasteiger partial charge in [0.05, 0.1) is 0 Å². The molecule has 6 heteroatoms. The van der Waals surface area contributed by atoms with Crippen molar-refractivity contribution in [3.63, 3.8) is 0 Å². The highest BCUT2D eigenvalue weighted by atomic mass is 127. The summed E-state index contributed by atoms with van der Waals surface area (Å²) in [6.45, 7) is 0. The number of halogens is 3.